The Bertz CT molecular complexity index is 798. The zero-order valence-electron chi connectivity index (χ0n) is 17.2. The van der Waals surface area contributed by atoms with Crippen molar-refractivity contribution in [3.05, 3.63) is 53.9 Å². The molecule has 0 bridgehead atoms. The fraction of sp³-hybridized carbons (Fsp3) is 0.500. The van der Waals surface area contributed by atoms with E-state index in [4.69, 9.17) is 0 Å². The molecule has 0 saturated carbocycles. The zero-order chi connectivity index (χ0) is 20.1. The number of benzene rings is 1. The van der Waals surface area contributed by atoms with Gasteiger partial charge < -0.3 is 9.80 Å². The molecule has 1 aromatic carbocycles. The Labute approximate surface area is 172 Å². The molecule has 7 nitrogen and oxygen atoms in total. The molecule has 0 atom stereocenters. The number of aromatic nitrogens is 2. The number of hydrogen-bond donors (Lipinski definition) is 0. The van der Waals surface area contributed by atoms with Crippen molar-refractivity contribution in [2.45, 2.75) is 13.5 Å². The minimum atomic E-state index is 0.254. The van der Waals surface area contributed by atoms with E-state index in [0.29, 0.717) is 6.54 Å². The van der Waals surface area contributed by atoms with Crippen molar-refractivity contribution in [1.29, 1.82) is 0 Å². The third kappa shape index (κ3) is 5.31. The molecule has 2 saturated heterocycles. The zero-order valence-corrected chi connectivity index (χ0v) is 17.2. The van der Waals surface area contributed by atoms with Crippen molar-refractivity contribution >= 4 is 11.9 Å². The molecule has 3 heterocycles. The summed E-state index contributed by atoms with van der Waals surface area (Å²) in [4.78, 5) is 30.3. The van der Waals surface area contributed by atoms with Gasteiger partial charge in [0, 0.05) is 71.3 Å². The number of hydrogen-bond acceptors (Lipinski definition) is 6. The first-order chi connectivity index (χ1) is 14.2. The standard InChI is InChI=1S/C22H30N6O/c1-19-4-2-5-20(16-19)17-25-8-12-27(13-9-25)21(29)18-26-10-14-28(15-11-26)22-23-6-3-7-24-22/h2-7,16H,8-15,17-18H2,1H3. The van der Waals surface area contributed by atoms with Crippen LogP contribution in [-0.2, 0) is 11.3 Å². The third-order valence-corrected chi connectivity index (χ3v) is 5.78. The highest BCUT2D eigenvalue weighted by molar-refractivity contribution is 5.78. The molecule has 0 spiro atoms. The van der Waals surface area contributed by atoms with Crippen molar-refractivity contribution < 1.29 is 4.79 Å². The van der Waals surface area contributed by atoms with E-state index in [1.165, 1.54) is 11.1 Å². The van der Waals surface area contributed by atoms with Crippen LogP contribution in [0, 0.1) is 6.92 Å². The highest BCUT2D eigenvalue weighted by Crippen LogP contribution is 2.12. The van der Waals surface area contributed by atoms with Gasteiger partial charge in [-0.05, 0) is 18.6 Å². The Balaban J connectivity index is 1.19. The molecular weight excluding hydrogens is 364 g/mol. The summed E-state index contributed by atoms with van der Waals surface area (Å²) in [6.45, 7) is 10.6. The molecule has 29 heavy (non-hydrogen) atoms. The molecule has 4 rings (SSSR count). The molecule has 0 aliphatic carbocycles. The summed E-state index contributed by atoms with van der Waals surface area (Å²) >= 11 is 0. The maximum Gasteiger partial charge on any atom is 0.236 e. The summed E-state index contributed by atoms with van der Waals surface area (Å²) in [7, 11) is 0. The lowest BCUT2D eigenvalue weighted by molar-refractivity contribution is -0.134. The van der Waals surface area contributed by atoms with E-state index in [-0.39, 0.29) is 5.91 Å². The van der Waals surface area contributed by atoms with Crippen molar-refractivity contribution in [2.75, 3.05) is 63.8 Å². The highest BCUT2D eigenvalue weighted by Gasteiger charge is 2.25. The molecule has 0 unspecified atom stereocenters. The smallest absolute Gasteiger partial charge is 0.236 e. The molecule has 2 aliphatic heterocycles. The van der Waals surface area contributed by atoms with E-state index in [0.717, 1.165) is 64.9 Å². The highest BCUT2D eigenvalue weighted by atomic mass is 16.2. The van der Waals surface area contributed by atoms with E-state index in [2.05, 4.69) is 55.9 Å². The fourth-order valence-corrected chi connectivity index (χ4v) is 4.08. The number of rotatable bonds is 5. The number of aryl methyl sites for hydroxylation is 1. The van der Waals surface area contributed by atoms with Crippen molar-refractivity contribution in [3.8, 4) is 0 Å². The molecule has 1 aromatic heterocycles. The largest absolute Gasteiger partial charge is 0.339 e. The number of carbonyl (C=O) groups is 1. The van der Waals surface area contributed by atoms with E-state index in [1.54, 1.807) is 12.4 Å². The number of amides is 1. The van der Waals surface area contributed by atoms with Gasteiger partial charge in [-0.2, -0.15) is 0 Å². The number of nitrogens with zero attached hydrogens (tertiary/aromatic N) is 6. The van der Waals surface area contributed by atoms with Crippen LogP contribution >= 0.6 is 0 Å². The molecule has 7 heteroatoms. The summed E-state index contributed by atoms with van der Waals surface area (Å²) < 4.78 is 0. The number of anilines is 1. The van der Waals surface area contributed by atoms with Gasteiger partial charge in [-0.25, -0.2) is 9.97 Å². The van der Waals surface area contributed by atoms with Crippen LogP contribution in [0.4, 0.5) is 5.95 Å². The molecule has 2 fully saturated rings. The fourth-order valence-electron chi connectivity index (χ4n) is 4.08. The predicted octanol–water partition coefficient (Wildman–Crippen LogP) is 1.25. The number of piperazine rings is 2. The van der Waals surface area contributed by atoms with Crippen molar-refractivity contribution in [1.82, 2.24) is 24.7 Å². The predicted molar refractivity (Wildman–Crippen MR) is 114 cm³/mol. The Hall–Kier alpha value is -2.51. The van der Waals surface area contributed by atoms with Crippen LogP contribution in [0.3, 0.4) is 0 Å². The Morgan fingerprint density at radius 1 is 0.897 bits per heavy atom. The van der Waals surface area contributed by atoms with Crippen LogP contribution in [0.2, 0.25) is 0 Å². The SMILES string of the molecule is Cc1cccc(CN2CCN(C(=O)CN3CCN(c4ncccn4)CC3)CC2)c1. The van der Waals surface area contributed by atoms with Gasteiger partial charge in [0.15, 0.2) is 0 Å². The topological polar surface area (TPSA) is 55.8 Å². The van der Waals surface area contributed by atoms with Gasteiger partial charge in [0.1, 0.15) is 0 Å². The summed E-state index contributed by atoms with van der Waals surface area (Å²) in [6.07, 6.45) is 3.55. The van der Waals surface area contributed by atoms with Gasteiger partial charge >= 0.3 is 0 Å². The summed E-state index contributed by atoms with van der Waals surface area (Å²) in [5, 5.41) is 0. The Morgan fingerprint density at radius 2 is 1.59 bits per heavy atom. The third-order valence-electron chi connectivity index (χ3n) is 5.78. The lowest BCUT2D eigenvalue weighted by Gasteiger charge is -2.38. The average Bonchev–Trinajstić information content (AvgIpc) is 2.75. The molecule has 0 radical (unpaired) electrons. The first kappa shape index (κ1) is 19.8. The quantitative estimate of drug-likeness (QED) is 0.761. The van der Waals surface area contributed by atoms with Gasteiger partial charge in [0.2, 0.25) is 11.9 Å². The first-order valence-electron chi connectivity index (χ1n) is 10.5. The summed E-state index contributed by atoms with van der Waals surface area (Å²) in [5.74, 6) is 1.04. The summed E-state index contributed by atoms with van der Waals surface area (Å²) in [6, 6.07) is 10.5. The van der Waals surface area contributed by atoms with Crippen LogP contribution in [-0.4, -0.2) is 89.5 Å². The molecule has 2 aliphatic rings. The minimum Gasteiger partial charge on any atom is -0.339 e. The second-order valence-electron chi connectivity index (χ2n) is 7.96. The molecule has 0 N–H and O–H groups in total. The monoisotopic (exact) mass is 394 g/mol. The van der Waals surface area contributed by atoms with E-state index in [9.17, 15) is 4.79 Å². The maximum atomic E-state index is 12.8. The van der Waals surface area contributed by atoms with Gasteiger partial charge in [0.25, 0.3) is 0 Å². The normalized spacial score (nSPS) is 18.8. The second-order valence-corrected chi connectivity index (χ2v) is 7.96. The van der Waals surface area contributed by atoms with E-state index < -0.39 is 0 Å². The maximum absolute atomic E-state index is 12.8. The van der Waals surface area contributed by atoms with E-state index >= 15 is 0 Å². The van der Waals surface area contributed by atoms with Crippen molar-refractivity contribution in [3.63, 3.8) is 0 Å². The van der Waals surface area contributed by atoms with Crippen LogP contribution in [0.5, 0.6) is 0 Å². The molecule has 2 aromatic rings. The Morgan fingerprint density at radius 3 is 2.28 bits per heavy atom. The first-order valence-corrected chi connectivity index (χ1v) is 10.5. The van der Waals surface area contributed by atoms with Crippen molar-refractivity contribution in [2.24, 2.45) is 0 Å². The molecule has 154 valence electrons. The Kier molecular flexibility index (Phi) is 6.36. The van der Waals surface area contributed by atoms with Gasteiger partial charge in [-0.1, -0.05) is 29.8 Å². The van der Waals surface area contributed by atoms with Gasteiger partial charge in [-0.3, -0.25) is 14.6 Å². The van der Waals surface area contributed by atoms with Crippen LogP contribution in [0.15, 0.2) is 42.7 Å². The minimum absolute atomic E-state index is 0.254. The van der Waals surface area contributed by atoms with E-state index in [1.807, 2.05) is 11.0 Å². The lowest BCUT2D eigenvalue weighted by atomic mass is 10.1. The van der Waals surface area contributed by atoms with Gasteiger partial charge in [0.05, 0.1) is 6.54 Å². The number of carbonyl (C=O) groups excluding carboxylic acids is 1. The van der Waals surface area contributed by atoms with Crippen LogP contribution in [0.1, 0.15) is 11.1 Å². The molecule has 1 amide bonds. The summed E-state index contributed by atoms with van der Waals surface area (Å²) in [5.41, 5.74) is 2.65. The average molecular weight is 395 g/mol. The van der Waals surface area contributed by atoms with Gasteiger partial charge in [-0.15, -0.1) is 0 Å². The van der Waals surface area contributed by atoms with Crippen LogP contribution in [0.25, 0.3) is 0 Å². The van der Waals surface area contributed by atoms with Crippen LogP contribution < -0.4 is 4.90 Å². The lowest BCUT2D eigenvalue weighted by Crippen LogP contribution is -2.53. The second kappa shape index (κ2) is 9.33. The molecular formula is C22H30N6O.